The smallest absolute Gasteiger partial charge is 0.268 e. The Hall–Kier alpha value is -2.37. The van der Waals surface area contributed by atoms with Crippen molar-refractivity contribution in [2.45, 2.75) is 6.54 Å². The SMILES string of the molecule is O=C1S/C(=C/C=C/c2ccccc2)C(=O)N1Cc1ccc(F)cc1Cl. The zero-order valence-electron chi connectivity index (χ0n) is 13.0. The molecular formula is C19H13ClFNO2S. The number of rotatable bonds is 4. The Bertz CT molecular complexity index is 880. The summed E-state index contributed by atoms with van der Waals surface area (Å²) in [4.78, 5) is 25.9. The number of thioether (sulfide) groups is 1. The van der Waals surface area contributed by atoms with Gasteiger partial charge in [0.1, 0.15) is 5.82 Å². The summed E-state index contributed by atoms with van der Waals surface area (Å²) >= 11 is 6.84. The highest BCUT2D eigenvalue weighted by Gasteiger charge is 2.34. The second-order valence-electron chi connectivity index (χ2n) is 5.30. The summed E-state index contributed by atoms with van der Waals surface area (Å²) < 4.78 is 13.1. The number of nitrogens with zero attached hydrogens (tertiary/aromatic N) is 1. The van der Waals surface area contributed by atoms with E-state index in [1.165, 1.54) is 12.1 Å². The Kier molecular flexibility index (Phi) is 5.36. The van der Waals surface area contributed by atoms with Crippen molar-refractivity contribution in [3.8, 4) is 0 Å². The number of amides is 2. The van der Waals surface area contributed by atoms with Gasteiger partial charge in [-0.15, -0.1) is 0 Å². The maximum absolute atomic E-state index is 13.1. The molecule has 1 saturated heterocycles. The quantitative estimate of drug-likeness (QED) is 0.685. The Morgan fingerprint density at radius 3 is 2.60 bits per heavy atom. The van der Waals surface area contributed by atoms with Crippen LogP contribution in [0.5, 0.6) is 0 Å². The summed E-state index contributed by atoms with van der Waals surface area (Å²) in [5.41, 5.74) is 1.52. The zero-order valence-corrected chi connectivity index (χ0v) is 14.6. The van der Waals surface area contributed by atoms with E-state index in [4.69, 9.17) is 11.6 Å². The van der Waals surface area contributed by atoms with Crippen molar-refractivity contribution in [2.75, 3.05) is 0 Å². The van der Waals surface area contributed by atoms with Crippen molar-refractivity contribution >= 4 is 40.6 Å². The van der Waals surface area contributed by atoms with Crippen molar-refractivity contribution in [1.29, 1.82) is 0 Å². The van der Waals surface area contributed by atoms with E-state index in [2.05, 4.69) is 0 Å². The lowest BCUT2D eigenvalue weighted by atomic mass is 10.2. The van der Waals surface area contributed by atoms with E-state index in [-0.39, 0.29) is 22.7 Å². The van der Waals surface area contributed by atoms with Crippen LogP contribution in [0.2, 0.25) is 5.02 Å². The normalized spacial score (nSPS) is 16.4. The topological polar surface area (TPSA) is 37.4 Å². The number of imide groups is 1. The number of benzene rings is 2. The first-order valence-corrected chi connectivity index (χ1v) is 8.65. The van der Waals surface area contributed by atoms with Crippen LogP contribution < -0.4 is 0 Å². The van der Waals surface area contributed by atoms with Gasteiger partial charge in [0.05, 0.1) is 11.4 Å². The van der Waals surface area contributed by atoms with E-state index >= 15 is 0 Å². The molecule has 0 aliphatic carbocycles. The molecule has 1 aliphatic rings. The van der Waals surface area contributed by atoms with Gasteiger partial charge in [0.25, 0.3) is 11.1 Å². The van der Waals surface area contributed by atoms with Crippen LogP contribution in [-0.2, 0) is 11.3 Å². The molecule has 3 rings (SSSR count). The Balaban J connectivity index is 1.73. The predicted molar refractivity (Wildman–Crippen MR) is 98.5 cm³/mol. The third kappa shape index (κ3) is 4.18. The third-order valence-corrected chi connectivity index (χ3v) is 4.83. The molecule has 2 amide bonds. The number of hydrogen-bond donors (Lipinski definition) is 0. The molecule has 2 aromatic rings. The van der Waals surface area contributed by atoms with Crippen LogP contribution in [0.3, 0.4) is 0 Å². The lowest BCUT2D eigenvalue weighted by Gasteiger charge is -2.13. The lowest BCUT2D eigenvalue weighted by Crippen LogP contribution is -2.27. The van der Waals surface area contributed by atoms with Crippen molar-refractivity contribution in [3.05, 3.63) is 87.6 Å². The van der Waals surface area contributed by atoms with Crippen molar-refractivity contribution in [2.24, 2.45) is 0 Å². The van der Waals surface area contributed by atoms with Gasteiger partial charge >= 0.3 is 0 Å². The molecule has 25 heavy (non-hydrogen) atoms. The fourth-order valence-electron chi connectivity index (χ4n) is 2.28. The molecule has 0 N–H and O–H groups in total. The van der Waals surface area contributed by atoms with Crippen LogP contribution in [-0.4, -0.2) is 16.0 Å². The molecule has 2 aromatic carbocycles. The van der Waals surface area contributed by atoms with Gasteiger partial charge in [-0.05, 0) is 41.1 Å². The van der Waals surface area contributed by atoms with Gasteiger partial charge in [-0.1, -0.05) is 60.2 Å². The average Bonchev–Trinajstić information content (AvgIpc) is 2.86. The molecule has 0 atom stereocenters. The number of allylic oxidation sites excluding steroid dienone is 2. The second-order valence-corrected chi connectivity index (χ2v) is 6.70. The molecule has 0 radical (unpaired) electrons. The van der Waals surface area contributed by atoms with Crippen LogP contribution in [0.15, 0.2) is 65.6 Å². The number of carbonyl (C=O) groups is 2. The maximum atomic E-state index is 13.1. The van der Waals surface area contributed by atoms with E-state index in [9.17, 15) is 14.0 Å². The number of carbonyl (C=O) groups excluding carboxylic acids is 2. The summed E-state index contributed by atoms with van der Waals surface area (Å²) in [5, 5.41) is -0.184. The van der Waals surface area contributed by atoms with Crippen molar-refractivity contribution in [1.82, 2.24) is 4.90 Å². The van der Waals surface area contributed by atoms with Crippen LogP contribution >= 0.6 is 23.4 Å². The van der Waals surface area contributed by atoms with Crippen molar-refractivity contribution in [3.63, 3.8) is 0 Å². The first kappa shape index (κ1) is 17.5. The van der Waals surface area contributed by atoms with Gasteiger partial charge in [0.2, 0.25) is 0 Å². The number of hydrogen-bond acceptors (Lipinski definition) is 3. The Labute approximate surface area is 153 Å². The highest BCUT2D eigenvalue weighted by molar-refractivity contribution is 8.18. The molecule has 0 bridgehead atoms. The van der Waals surface area contributed by atoms with Gasteiger partial charge in [-0.3, -0.25) is 14.5 Å². The molecule has 0 unspecified atom stereocenters. The summed E-state index contributed by atoms with van der Waals surface area (Å²) in [5.74, 6) is -0.845. The Morgan fingerprint density at radius 2 is 1.88 bits per heavy atom. The molecule has 1 heterocycles. The standard InChI is InChI=1S/C19H13ClFNO2S/c20-16-11-15(21)10-9-14(16)12-22-18(23)17(25-19(22)24)8-4-7-13-5-2-1-3-6-13/h1-11H,12H2/b7-4+,17-8+. The minimum absolute atomic E-state index is 0.0174. The summed E-state index contributed by atoms with van der Waals surface area (Å²) in [6.07, 6.45) is 5.20. The molecule has 126 valence electrons. The lowest BCUT2D eigenvalue weighted by molar-refractivity contribution is -0.123. The Morgan fingerprint density at radius 1 is 1.12 bits per heavy atom. The molecule has 3 nitrogen and oxygen atoms in total. The second kappa shape index (κ2) is 7.68. The van der Waals surface area contributed by atoms with E-state index in [1.54, 1.807) is 12.2 Å². The average molecular weight is 374 g/mol. The van der Waals surface area contributed by atoms with Crippen LogP contribution in [0.4, 0.5) is 9.18 Å². The van der Waals surface area contributed by atoms with Crippen molar-refractivity contribution < 1.29 is 14.0 Å². The minimum atomic E-state index is -0.464. The molecule has 1 fully saturated rings. The number of halogens is 2. The fraction of sp³-hybridized carbons (Fsp3) is 0.0526. The summed E-state index contributed by atoms with van der Waals surface area (Å²) in [7, 11) is 0. The zero-order chi connectivity index (χ0) is 17.8. The third-order valence-electron chi connectivity index (χ3n) is 3.55. The highest BCUT2D eigenvalue weighted by Crippen LogP contribution is 2.33. The molecule has 1 aliphatic heterocycles. The van der Waals surface area contributed by atoms with Gasteiger partial charge in [-0.25, -0.2) is 4.39 Å². The molecule has 0 aromatic heterocycles. The van der Waals surface area contributed by atoms with E-state index in [0.717, 1.165) is 28.3 Å². The van der Waals surface area contributed by atoms with Crippen LogP contribution in [0.1, 0.15) is 11.1 Å². The highest BCUT2D eigenvalue weighted by atomic mass is 35.5. The molecule has 0 saturated carbocycles. The maximum Gasteiger partial charge on any atom is 0.293 e. The monoisotopic (exact) mass is 373 g/mol. The summed E-state index contributed by atoms with van der Waals surface area (Å²) in [6, 6.07) is 13.5. The van der Waals surface area contributed by atoms with E-state index in [1.807, 2.05) is 36.4 Å². The molecular weight excluding hydrogens is 361 g/mol. The van der Waals surface area contributed by atoms with Gasteiger partial charge in [0, 0.05) is 5.02 Å². The largest absolute Gasteiger partial charge is 0.293 e. The summed E-state index contributed by atoms with van der Waals surface area (Å²) in [6.45, 7) is 0.0174. The predicted octanol–water partition coefficient (Wildman–Crippen LogP) is 5.27. The molecule has 6 heteroatoms. The fourth-order valence-corrected chi connectivity index (χ4v) is 3.30. The van der Waals surface area contributed by atoms with Crippen LogP contribution in [0.25, 0.3) is 6.08 Å². The van der Waals surface area contributed by atoms with E-state index < -0.39 is 5.82 Å². The minimum Gasteiger partial charge on any atom is -0.268 e. The van der Waals surface area contributed by atoms with Gasteiger partial charge in [0.15, 0.2) is 0 Å². The van der Waals surface area contributed by atoms with Gasteiger partial charge in [-0.2, -0.15) is 0 Å². The van der Waals surface area contributed by atoms with Crippen LogP contribution in [0, 0.1) is 5.82 Å². The van der Waals surface area contributed by atoms with Gasteiger partial charge < -0.3 is 0 Å². The first-order chi connectivity index (χ1) is 12.0. The first-order valence-electron chi connectivity index (χ1n) is 7.45. The van der Waals surface area contributed by atoms with E-state index in [0.29, 0.717) is 10.5 Å². The molecule has 0 spiro atoms.